The van der Waals surface area contributed by atoms with Crippen LogP contribution in [-0.4, -0.2) is 48.2 Å². The molecule has 24 heavy (non-hydrogen) atoms. The molecule has 0 saturated carbocycles. The quantitative estimate of drug-likeness (QED) is 0.804. The zero-order chi connectivity index (χ0) is 18.1. The molecule has 130 valence electrons. The van der Waals surface area contributed by atoms with E-state index in [1.54, 1.807) is 12.2 Å². The maximum atomic E-state index is 13.4. The molecular weight excluding hydrogens is 331 g/mol. The Morgan fingerprint density at radius 2 is 1.96 bits per heavy atom. The molecule has 1 aliphatic heterocycles. The number of rotatable bonds is 4. The minimum Gasteiger partial charge on any atom is -0.493 e. The van der Waals surface area contributed by atoms with Gasteiger partial charge in [-0.1, -0.05) is 12.1 Å². The molecule has 10 heteroatoms. The van der Waals surface area contributed by atoms with Crippen molar-refractivity contribution in [2.24, 2.45) is 0 Å². The van der Waals surface area contributed by atoms with Crippen LogP contribution in [0.1, 0.15) is 17.3 Å². The molecule has 1 saturated heterocycles. The fourth-order valence-electron chi connectivity index (χ4n) is 2.16. The van der Waals surface area contributed by atoms with E-state index in [9.17, 15) is 27.6 Å². The average Bonchev–Trinajstić information content (AvgIpc) is 2.73. The average molecular weight is 345 g/mol. The van der Waals surface area contributed by atoms with E-state index in [1.807, 2.05) is 0 Å². The van der Waals surface area contributed by atoms with Crippen LogP contribution in [-0.2, 0) is 4.79 Å². The van der Waals surface area contributed by atoms with Gasteiger partial charge >= 0.3 is 12.2 Å². The summed E-state index contributed by atoms with van der Waals surface area (Å²) in [7, 11) is 0.880. The van der Waals surface area contributed by atoms with E-state index in [1.165, 1.54) is 29.6 Å². The number of carbonyl (C=O) groups excluding carboxylic acids is 3. The summed E-state index contributed by atoms with van der Waals surface area (Å²) in [6.07, 6.45) is -5.24. The van der Waals surface area contributed by atoms with Crippen LogP contribution in [0.25, 0.3) is 0 Å². The molecule has 0 bridgehead atoms. The lowest BCUT2D eigenvalue weighted by molar-refractivity contribution is -0.199. The van der Waals surface area contributed by atoms with E-state index in [0.29, 0.717) is 0 Å². The molecular formula is C14H14F3N3O4. The van der Waals surface area contributed by atoms with Gasteiger partial charge in [-0.2, -0.15) is 13.2 Å². The van der Waals surface area contributed by atoms with Gasteiger partial charge in [-0.15, -0.1) is 0 Å². The second kappa shape index (κ2) is 6.02. The number of amides is 4. The van der Waals surface area contributed by atoms with Crippen LogP contribution >= 0.6 is 0 Å². The maximum absolute atomic E-state index is 13.4. The summed E-state index contributed by atoms with van der Waals surface area (Å²) >= 11 is 0. The highest BCUT2D eigenvalue weighted by Crippen LogP contribution is 2.34. The predicted octanol–water partition coefficient (Wildman–Crippen LogP) is 1.26. The Morgan fingerprint density at radius 1 is 1.33 bits per heavy atom. The summed E-state index contributed by atoms with van der Waals surface area (Å²) in [6.45, 7) is 1.83. The van der Waals surface area contributed by atoms with Crippen LogP contribution in [0.3, 0.4) is 0 Å². The van der Waals surface area contributed by atoms with Crippen molar-refractivity contribution in [3.63, 3.8) is 0 Å². The number of hydrogen-bond donors (Lipinski definition) is 2. The number of benzene rings is 1. The molecule has 1 atom stereocenters. The van der Waals surface area contributed by atoms with Gasteiger partial charge in [-0.05, 0) is 19.1 Å². The first kappa shape index (κ1) is 17.6. The van der Waals surface area contributed by atoms with Gasteiger partial charge in [0.25, 0.3) is 17.5 Å². The van der Waals surface area contributed by atoms with Crippen molar-refractivity contribution >= 4 is 17.8 Å². The van der Waals surface area contributed by atoms with Crippen molar-refractivity contribution in [1.82, 2.24) is 15.5 Å². The summed E-state index contributed by atoms with van der Waals surface area (Å²) in [5.74, 6) is -2.78. The molecule has 1 aliphatic rings. The number of para-hydroxylation sites is 1. The van der Waals surface area contributed by atoms with E-state index >= 15 is 0 Å². The van der Waals surface area contributed by atoms with E-state index < -0.39 is 29.7 Å². The minimum atomic E-state index is -5.24. The molecule has 1 aromatic carbocycles. The van der Waals surface area contributed by atoms with Crippen molar-refractivity contribution in [1.29, 1.82) is 0 Å². The van der Waals surface area contributed by atoms with E-state index in [2.05, 4.69) is 0 Å². The molecule has 0 radical (unpaired) electrons. The van der Waals surface area contributed by atoms with Gasteiger partial charge in [0.2, 0.25) is 0 Å². The number of imide groups is 1. The lowest BCUT2D eigenvalue weighted by atomic mass is 10.1. The third-order valence-electron chi connectivity index (χ3n) is 3.38. The first-order valence-electron chi connectivity index (χ1n) is 6.85. The van der Waals surface area contributed by atoms with Gasteiger partial charge in [0, 0.05) is 7.05 Å². The Kier molecular flexibility index (Phi) is 4.41. The van der Waals surface area contributed by atoms with Gasteiger partial charge in [-0.25, -0.2) is 4.79 Å². The number of likely N-dealkylation sites (N-methyl/N-ethyl adjacent to an activating group) is 1. The van der Waals surface area contributed by atoms with Crippen molar-refractivity contribution in [3.05, 3.63) is 29.8 Å². The molecule has 4 amide bonds. The molecule has 0 aromatic heterocycles. The molecule has 1 aromatic rings. The number of alkyl halides is 3. The summed E-state index contributed by atoms with van der Waals surface area (Å²) in [4.78, 5) is 35.9. The minimum absolute atomic E-state index is 0.0555. The Labute approximate surface area is 134 Å². The van der Waals surface area contributed by atoms with E-state index in [0.717, 1.165) is 7.05 Å². The zero-order valence-corrected chi connectivity index (χ0v) is 12.7. The zero-order valence-electron chi connectivity index (χ0n) is 12.7. The third-order valence-corrected chi connectivity index (χ3v) is 3.38. The maximum Gasteiger partial charge on any atom is 0.440 e. The third kappa shape index (κ3) is 2.74. The monoisotopic (exact) mass is 345 g/mol. The Balaban J connectivity index is 2.41. The highest BCUT2D eigenvalue weighted by molar-refractivity contribution is 6.10. The van der Waals surface area contributed by atoms with Crippen molar-refractivity contribution < 1.29 is 32.3 Å². The topological polar surface area (TPSA) is 87.7 Å². The summed E-state index contributed by atoms with van der Waals surface area (Å²) < 4.78 is 45.5. The fourth-order valence-corrected chi connectivity index (χ4v) is 2.16. The normalized spacial score (nSPS) is 20.8. The van der Waals surface area contributed by atoms with Crippen molar-refractivity contribution in [2.45, 2.75) is 18.8 Å². The van der Waals surface area contributed by atoms with Crippen LogP contribution in [0.4, 0.5) is 18.0 Å². The molecule has 0 spiro atoms. The largest absolute Gasteiger partial charge is 0.493 e. The SMILES string of the molecule is CCOc1ccccc1C(=O)N[C@]1(C(F)(F)F)NC(=O)N(C)C1=O. The van der Waals surface area contributed by atoms with Gasteiger partial charge < -0.3 is 10.1 Å². The van der Waals surface area contributed by atoms with Gasteiger partial charge in [0.05, 0.1) is 12.2 Å². The number of carbonyl (C=O) groups is 3. The van der Waals surface area contributed by atoms with Crippen LogP contribution < -0.4 is 15.4 Å². The first-order chi connectivity index (χ1) is 11.1. The lowest BCUT2D eigenvalue weighted by Gasteiger charge is -2.29. The van der Waals surface area contributed by atoms with E-state index in [4.69, 9.17) is 4.74 Å². The summed E-state index contributed by atoms with van der Waals surface area (Å²) in [5.41, 5.74) is -3.71. The standard InChI is InChI=1S/C14H14F3N3O4/c1-3-24-9-7-5-4-6-8(9)10(21)18-13(14(15,16)17)11(22)20(2)12(23)19-13/h4-7H,3H2,1-2H3,(H,18,21)(H,19,23)/t13-/m0/s1. The van der Waals surface area contributed by atoms with Crippen LogP contribution in [0, 0.1) is 0 Å². The molecule has 0 unspecified atom stereocenters. The second-order valence-corrected chi connectivity index (χ2v) is 4.93. The van der Waals surface area contributed by atoms with Gasteiger partial charge in [0.1, 0.15) is 5.75 Å². The number of urea groups is 1. The number of ether oxygens (including phenoxy) is 1. The molecule has 7 nitrogen and oxygen atoms in total. The fraction of sp³-hybridized carbons (Fsp3) is 0.357. The Morgan fingerprint density at radius 3 is 2.46 bits per heavy atom. The number of hydrogen-bond acceptors (Lipinski definition) is 4. The number of nitrogens with zero attached hydrogens (tertiary/aromatic N) is 1. The van der Waals surface area contributed by atoms with Gasteiger partial charge in [-0.3, -0.25) is 19.8 Å². The summed E-state index contributed by atoms with van der Waals surface area (Å²) in [5, 5.41) is 3.09. The molecule has 2 N–H and O–H groups in total. The highest BCUT2D eigenvalue weighted by atomic mass is 19.4. The number of nitrogens with one attached hydrogen (secondary N) is 2. The molecule has 1 heterocycles. The smallest absolute Gasteiger partial charge is 0.440 e. The first-order valence-corrected chi connectivity index (χ1v) is 6.85. The van der Waals surface area contributed by atoms with Gasteiger partial charge in [0.15, 0.2) is 0 Å². The number of halogens is 3. The Bertz CT molecular complexity index is 692. The van der Waals surface area contributed by atoms with Crippen molar-refractivity contribution in [2.75, 3.05) is 13.7 Å². The van der Waals surface area contributed by atoms with Crippen LogP contribution in [0.5, 0.6) is 5.75 Å². The van der Waals surface area contributed by atoms with Crippen LogP contribution in [0.2, 0.25) is 0 Å². The van der Waals surface area contributed by atoms with Crippen molar-refractivity contribution in [3.8, 4) is 5.75 Å². The predicted molar refractivity (Wildman–Crippen MR) is 75.2 cm³/mol. The van der Waals surface area contributed by atoms with E-state index in [-0.39, 0.29) is 22.8 Å². The molecule has 0 aliphatic carbocycles. The Hall–Kier alpha value is -2.78. The molecule has 2 rings (SSSR count). The lowest BCUT2D eigenvalue weighted by Crippen LogP contribution is -2.69. The second-order valence-electron chi connectivity index (χ2n) is 4.93. The van der Waals surface area contributed by atoms with Crippen LogP contribution in [0.15, 0.2) is 24.3 Å². The highest BCUT2D eigenvalue weighted by Gasteiger charge is 2.68. The molecule has 1 fully saturated rings. The summed E-state index contributed by atoms with van der Waals surface area (Å²) in [6, 6.07) is 4.35.